The van der Waals surface area contributed by atoms with Crippen molar-refractivity contribution < 1.29 is 23.8 Å². The van der Waals surface area contributed by atoms with Crippen molar-refractivity contribution in [3.05, 3.63) is 109 Å². The van der Waals surface area contributed by atoms with Gasteiger partial charge in [-0.3, -0.25) is 9.59 Å². The second-order valence-corrected chi connectivity index (χ2v) is 15.6. The van der Waals surface area contributed by atoms with E-state index >= 15 is 0 Å². The molecule has 0 amide bonds. The maximum Gasteiger partial charge on any atom is 0.306 e. The summed E-state index contributed by atoms with van der Waals surface area (Å²) in [5.41, 5.74) is 0. The van der Waals surface area contributed by atoms with Crippen molar-refractivity contribution in [1.29, 1.82) is 0 Å². The van der Waals surface area contributed by atoms with E-state index in [0.29, 0.717) is 25.9 Å². The van der Waals surface area contributed by atoms with Gasteiger partial charge in [0.25, 0.3) is 0 Å². The number of hydrogen-bond donors (Lipinski definition) is 0. The zero-order valence-electron chi connectivity index (χ0n) is 38.9. The number of esters is 2. The molecule has 5 nitrogen and oxygen atoms in total. The summed E-state index contributed by atoms with van der Waals surface area (Å²) in [6.45, 7) is 7.43. The minimum absolute atomic E-state index is 0.0332. The quantitative estimate of drug-likeness (QED) is 0.0348. The van der Waals surface area contributed by atoms with Crippen LogP contribution in [0, 0.1) is 0 Å². The topological polar surface area (TPSA) is 61.8 Å². The summed E-state index contributed by atoms with van der Waals surface area (Å²) in [6.07, 6.45) is 68.2. The number of rotatable bonds is 43. The molecular weight excluding hydrogens is 741 g/mol. The van der Waals surface area contributed by atoms with Gasteiger partial charge in [-0.25, -0.2) is 0 Å². The molecule has 0 aliphatic carbocycles. The lowest BCUT2D eigenvalue weighted by atomic mass is 10.1. The third-order valence-electron chi connectivity index (χ3n) is 9.79. The molecule has 0 saturated carbocycles. The fourth-order valence-corrected chi connectivity index (χ4v) is 6.20. The van der Waals surface area contributed by atoms with Gasteiger partial charge in [0.1, 0.15) is 6.61 Å². The molecule has 0 aromatic carbocycles. The Morgan fingerprint density at radius 1 is 0.383 bits per heavy atom. The van der Waals surface area contributed by atoms with Crippen molar-refractivity contribution in [1.82, 2.24) is 0 Å². The fourth-order valence-electron chi connectivity index (χ4n) is 6.20. The van der Waals surface area contributed by atoms with Gasteiger partial charge in [0.2, 0.25) is 0 Å². The van der Waals surface area contributed by atoms with Gasteiger partial charge in [-0.05, 0) is 103 Å². The first-order chi connectivity index (χ1) is 29.6. The largest absolute Gasteiger partial charge is 0.462 e. The van der Waals surface area contributed by atoms with Crippen molar-refractivity contribution in [3.8, 4) is 0 Å². The number of hydrogen-bond acceptors (Lipinski definition) is 5. The monoisotopic (exact) mass is 831 g/mol. The van der Waals surface area contributed by atoms with Gasteiger partial charge in [0, 0.05) is 19.4 Å². The second kappa shape index (κ2) is 49.9. The van der Waals surface area contributed by atoms with Crippen LogP contribution >= 0.6 is 0 Å². The van der Waals surface area contributed by atoms with E-state index in [9.17, 15) is 9.59 Å². The van der Waals surface area contributed by atoms with E-state index in [2.05, 4.69) is 124 Å². The molecule has 0 radical (unpaired) electrons. The highest BCUT2D eigenvalue weighted by atomic mass is 16.6. The van der Waals surface area contributed by atoms with Gasteiger partial charge >= 0.3 is 11.9 Å². The molecule has 0 spiro atoms. The Morgan fingerprint density at radius 2 is 0.783 bits per heavy atom. The molecule has 5 heteroatoms. The summed E-state index contributed by atoms with van der Waals surface area (Å²) in [4.78, 5) is 25.2. The third kappa shape index (κ3) is 47.2. The van der Waals surface area contributed by atoms with Crippen LogP contribution < -0.4 is 0 Å². The van der Waals surface area contributed by atoms with Crippen molar-refractivity contribution in [2.75, 3.05) is 19.8 Å². The number of carbonyl (C=O) groups excluding carboxylic acids is 2. The van der Waals surface area contributed by atoms with E-state index in [4.69, 9.17) is 14.2 Å². The van der Waals surface area contributed by atoms with Gasteiger partial charge in [-0.15, -0.1) is 0 Å². The Hall–Kier alpha value is -3.44. The molecule has 0 aromatic rings. The van der Waals surface area contributed by atoms with Gasteiger partial charge in [-0.1, -0.05) is 194 Å². The summed E-state index contributed by atoms with van der Waals surface area (Å²) in [6, 6.07) is 0. The highest BCUT2D eigenvalue weighted by Gasteiger charge is 2.17. The standard InChI is InChI=1S/C55H90O5/c1-4-7-10-13-16-19-22-24-25-26-27-28-29-30-32-35-38-41-44-47-50-58-51-53(60-55(57)49-46-43-40-37-33-21-18-15-12-9-6-3)52-59-54(56)48-45-42-39-36-34-31-23-20-17-14-11-8-5-2/h7-8,10-11,15-20,24-25,27-28,31,34,39,42,53H,4-6,9,12-14,21-23,26,29-30,32-33,35-38,40-41,43-52H2,1-3H3/b10-7-,11-8-,18-15-,19-16-,20-17-,25-24-,28-27-,34-31-,42-39-. The molecule has 1 atom stereocenters. The van der Waals surface area contributed by atoms with E-state index < -0.39 is 6.10 Å². The van der Waals surface area contributed by atoms with Crippen molar-refractivity contribution in [2.24, 2.45) is 0 Å². The normalized spacial score (nSPS) is 13.2. The number of carbonyl (C=O) groups is 2. The predicted molar refractivity (Wildman–Crippen MR) is 260 cm³/mol. The van der Waals surface area contributed by atoms with E-state index in [1.165, 1.54) is 64.2 Å². The van der Waals surface area contributed by atoms with E-state index in [1.54, 1.807) is 0 Å². The van der Waals surface area contributed by atoms with E-state index in [1.807, 2.05) is 6.08 Å². The Kier molecular flexibility index (Phi) is 47.1. The van der Waals surface area contributed by atoms with Gasteiger partial charge in [0.05, 0.1) is 6.61 Å². The Labute approximate surface area is 370 Å². The summed E-state index contributed by atoms with van der Waals surface area (Å²) >= 11 is 0. The summed E-state index contributed by atoms with van der Waals surface area (Å²) < 4.78 is 17.3. The molecule has 340 valence electrons. The zero-order chi connectivity index (χ0) is 43.5. The molecule has 0 aromatic heterocycles. The smallest absolute Gasteiger partial charge is 0.306 e. The third-order valence-corrected chi connectivity index (χ3v) is 9.79. The first kappa shape index (κ1) is 56.6. The van der Waals surface area contributed by atoms with Gasteiger partial charge < -0.3 is 14.2 Å². The van der Waals surface area contributed by atoms with E-state index in [0.717, 1.165) is 96.3 Å². The average Bonchev–Trinajstić information content (AvgIpc) is 3.25. The van der Waals surface area contributed by atoms with Crippen LogP contribution in [0.25, 0.3) is 0 Å². The van der Waals surface area contributed by atoms with Crippen LogP contribution in [-0.4, -0.2) is 37.9 Å². The molecule has 0 saturated heterocycles. The zero-order valence-corrected chi connectivity index (χ0v) is 38.9. The lowest BCUT2D eigenvalue weighted by Gasteiger charge is -2.18. The lowest BCUT2D eigenvalue weighted by molar-refractivity contribution is -0.162. The van der Waals surface area contributed by atoms with Crippen LogP contribution in [0.15, 0.2) is 109 Å². The van der Waals surface area contributed by atoms with E-state index in [-0.39, 0.29) is 25.2 Å². The molecule has 0 fully saturated rings. The molecular formula is C55H90O5. The van der Waals surface area contributed by atoms with Crippen molar-refractivity contribution in [3.63, 3.8) is 0 Å². The van der Waals surface area contributed by atoms with Crippen LogP contribution in [0.3, 0.4) is 0 Å². The maximum absolute atomic E-state index is 12.7. The van der Waals surface area contributed by atoms with Gasteiger partial charge in [-0.2, -0.15) is 0 Å². The average molecular weight is 831 g/mol. The molecule has 0 heterocycles. The number of allylic oxidation sites excluding steroid dienone is 18. The highest BCUT2D eigenvalue weighted by molar-refractivity contribution is 5.70. The summed E-state index contributed by atoms with van der Waals surface area (Å²) in [5.74, 6) is -0.516. The van der Waals surface area contributed by atoms with Gasteiger partial charge in [0.15, 0.2) is 6.10 Å². The Bertz CT molecular complexity index is 1210. The van der Waals surface area contributed by atoms with Crippen LogP contribution in [0.1, 0.15) is 201 Å². The van der Waals surface area contributed by atoms with Crippen molar-refractivity contribution in [2.45, 2.75) is 207 Å². The van der Waals surface area contributed by atoms with Crippen LogP contribution in [0.4, 0.5) is 0 Å². The van der Waals surface area contributed by atoms with Crippen LogP contribution in [0.5, 0.6) is 0 Å². The van der Waals surface area contributed by atoms with Crippen LogP contribution in [-0.2, 0) is 23.8 Å². The number of unbranched alkanes of at least 4 members (excludes halogenated alkanes) is 14. The molecule has 0 rings (SSSR count). The lowest BCUT2D eigenvalue weighted by Crippen LogP contribution is -2.30. The van der Waals surface area contributed by atoms with Crippen molar-refractivity contribution >= 4 is 11.9 Å². The molecule has 0 bridgehead atoms. The Morgan fingerprint density at radius 3 is 1.28 bits per heavy atom. The molecule has 60 heavy (non-hydrogen) atoms. The SMILES string of the molecule is CC/C=C\C/C=C\C/C=C\C/C=C\CCCCCCCCCOCC(COC(=O)CC/C=C\C/C=C\C/C=C\C/C=C\CC)OC(=O)CCCCCCC/C=C\CCCC. The number of ether oxygens (including phenoxy) is 3. The minimum atomic E-state index is -0.580. The minimum Gasteiger partial charge on any atom is -0.462 e. The summed E-state index contributed by atoms with van der Waals surface area (Å²) in [5, 5.41) is 0. The summed E-state index contributed by atoms with van der Waals surface area (Å²) in [7, 11) is 0. The molecule has 0 N–H and O–H groups in total. The first-order valence-corrected chi connectivity index (χ1v) is 24.4. The maximum atomic E-state index is 12.7. The molecule has 1 unspecified atom stereocenters. The van der Waals surface area contributed by atoms with Crippen LogP contribution in [0.2, 0.25) is 0 Å². The first-order valence-electron chi connectivity index (χ1n) is 24.4. The fraction of sp³-hybridized carbons (Fsp3) is 0.636. The molecule has 0 aliphatic heterocycles. The Balaban J connectivity index is 4.35. The second-order valence-electron chi connectivity index (χ2n) is 15.6. The highest BCUT2D eigenvalue weighted by Crippen LogP contribution is 2.12. The predicted octanol–water partition coefficient (Wildman–Crippen LogP) is 16.4. The molecule has 0 aliphatic rings.